The minimum Gasteiger partial charge on any atom is -0.379 e. The van der Waals surface area contributed by atoms with Crippen LogP contribution in [0.15, 0.2) is 42.7 Å². The summed E-state index contributed by atoms with van der Waals surface area (Å²) >= 11 is 0. The topological polar surface area (TPSA) is 47.0 Å². The summed E-state index contributed by atoms with van der Waals surface area (Å²) in [5, 5.41) is 3.41. The zero-order valence-electron chi connectivity index (χ0n) is 10.7. The highest BCUT2D eigenvalue weighted by molar-refractivity contribution is 5.55. The number of aromatic nitrogens is 2. The van der Waals surface area contributed by atoms with Crippen LogP contribution in [0.25, 0.3) is 11.4 Å². The van der Waals surface area contributed by atoms with Crippen LogP contribution in [0.5, 0.6) is 0 Å². The molecule has 1 N–H and O–H groups in total. The van der Waals surface area contributed by atoms with Gasteiger partial charge in [0, 0.05) is 18.2 Å². The normalized spacial score (nSPS) is 19.1. The second-order valence-electron chi connectivity index (χ2n) is 4.72. The number of nitrogens with zero attached hydrogens (tertiary/aromatic N) is 2. The summed E-state index contributed by atoms with van der Waals surface area (Å²) < 4.78 is 5.44. The molecule has 4 heteroatoms. The molecule has 2 heterocycles. The molecule has 0 aliphatic carbocycles. The number of ether oxygens (including phenoxy) is 1. The zero-order chi connectivity index (χ0) is 12.9. The Morgan fingerprint density at radius 3 is 2.58 bits per heavy atom. The van der Waals surface area contributed by atoms with Gasteiger partial charge < -0.3 is 10.1 Å². The lowest BCUT2D eigenvalue weighted by molar-refractivity contribution is 0.0876. The van der Waals surface area contributed by atoms with Crippen LogP contribution >= 0.6 is 0 Å². The second kappa shape index (κ2) is 5.80. The Kier molecular flexibility index (Phi) is 3.70. The van der Waals surface area contributed by atoms with E-state index >= 15 is 0 Å². The predicted octanol–water partition coefficient (Wildman–Crippen LogP) is 2.73. The molecule has 1 saturated heterocycles. The van der Waals surface area contributed by atoms with E-state index in [0.717, 1.165) is 43.1 Å². The molecule has 1 aliphatic heterocycles. The van der Waals surface area contributed by atoms with Gasteiger partial charge in [-0.3, -0.25) is 0 Å². The van der Waals surface area contributed by atoms with Crippen molar-refractivity contribution >= 4 is 5.69 Å². The average molecular weight is 255 g/mol. The third-order valence-corrected chi connectivity index (χ3v) is 3.21. The third kappa shape index (κ3) is 3.09. The van der Waals surface area contributed by atoms with Crippen LogP contribution in [-0.4, -0.2) is 29.2 Å². The maximum absolute atomic E-state index is 5.44. The fraction of sp³-hybridized carbons (Fsp3) is 0.333. The maximum Gasteiger partial charge on any atom is 0.159 e. The molecule has 98 valence electrons. The van der Waals surface area contributed by atoms with Crippen molar-refractivity contribution in [1.29, 1.82) is 0 Å². The van der Waals surface area contributed by atoms with Crippen LogP contribution in [0.3, 0.4) is 0 Å². The number of benzene rings is 1. The van der Waals surface area contributed by atoms with Gasteiger partial charge in [-0.2, -0.15) is 0 Å². The van der Waals surface area contributed by atoms with E-state index in [0.29, 0.717) is 6.04 Å². The number of hydrogen-bond donors (Lipinski definition) is 1. The lowest BCUT2D eigenvalue weighted by Crippen LogP contribution is -2.30. The lowest BCUT2D eigenvalue weighted by atomic mass is 10.1. The highest BCUT2D eigenvalue weighted by atomic mass is 16.5. The van der Waals surface area contributed by atoms with E-state index < -0.39 is 0 Å². The van der Waals surface area contributed by atoms with Gasteiger partial charge in [0.25, 0.3) is 0 Å². The first-order valence-electron chi connectivity index (χ1n) is 6.63. The van der Waals surface area contributed by atoms with E-state index in [1.807, 2.05) is 42.7 Å². The largest absolute Gasteiger partial charge is 0.379 e. The molecule has 1 fully saturated rings. The van der Waals surface area contributed by atoms with Gasteiger partial charge in [0.1, 0.15) is 0 Å². The molecular weight excluding hydrogens is 238 g/mol. The third-order valence-electron chi connectivity index (χ3n) is 3.21. The Morgan fingerprint density at radius 1 is 1.11 bits per heavy atom. The molecule has 1 unspecified atom stereocenters. The standard InChI is InChI=1S/C15H17N3O/c1-2-5-12(6-3-1)15-16-9-14(10-17-15)18-13-7-4-8-19-11-13/h1-3,5-6,9-10,13,18H,4,7-8,11H2. The Balaban J connectivity index is 1.68. The van der Waals surface area contributed by atoms with E-state index in [4.69, 9.17) is 4.74 Å². The predicted molar refractivity (Wildman–Crippen MR) is 74.9 cm³/mol. The van der Waals surface area contributed by atoms with Crippen molar-refractivity contribution in [3.8, 4) is 11.4 Å². The quantitative estimate of drug-likeness (QED) is 0.916. The molecule has 19 heavy (non-hydrogen) atoms. The SMILES string of the molecule is c1ccc(-c2ncc(NC3CCCOC3)cn2)cc1. The van der Waals surface area contributed by atoms with Crippen molar-refractivity contribution in [3.63, 3.8) is 0 Å². The van der Waals surface area contributed by atoms with Gasteiger partial charge in [0.15, 0.2) is 5.82 Å². The molecule has 1 aliphatic rings. The minimum atomic E-state index is 0.375. The van der Waals surface area contributed by atoms with Crippen molar-refractivity contribution < 1.29 is 4.74 Å². The molecule has 4 nitrogen and oxygen atoms in total. The first-order chi connectivity index (χ1) is 9.42. The molecule has 0 saturated carbocycles. The van der Waals surface area contributed by atoms with E-state index in [1.54, 1.807) is 0 Å². The molecule has 2 aromatic rings. The van der Waals surface area contributed by atoms with Crippen LogP contribution < -0.4 is 5.32 Å². The molecule has 1 aromatic carbocycles. The lowest BCUT2D eigenvalue weighted by Gasteiger charge is -2.23. The summed E-state index contributed by atoms with van der Waals surface area (Å²) in [5.74, 6) is 0.756. The Labute approximate surface area is 112 Å². The molecule has 0 amide bonds. The summed E-state index contributed by atoms with van der Waals surface area (Å²) in [6.45, 7) is 1.64. The fourth-order valence-electron chi connectivity index (χ4n) is 2.23. The second-order valence-corrected chi connectivity index (χ2v) is 4.72. The number of anilines is 1. The van der Waals surface area contributed by atoms with Crippen molar-refractivity contribution in [2.75, 3.05) is 18.5 Å². The summed E-state index contributed by atoms with van der Waals surface area (Å²) in [7, 11) is 0. The molecule has 1 atom stereocenters. The van der Waals surface area contributed by atoms with Crippen LogP contribution in [0.2, 0.25) is 0 Å². The fourth-order valence-corrected chi connectivity index (χ4v) is 2.23. The maximum atomic E-state index is 5.44. The van der Waals surface area contributed by atoms with E-state index in [-0.39, 0.29) is 0 Å². The Hall–Kier alpha value is -1.94. The van der Waals surface area contributed by atoms with Crippen LogP contribution in [0.1, 0.15) is 12.8 Å². The van der Waals surface area contributed by atoms with Gasteiger partial charge in [-0.15, -0.1) is 0 Å². The zero-order valence-corrected chi connectivity index (χ0v) is 10.7. The summed E-state index contributed by atoms with van der Waals surface area (Å²) in [4.78, 5) is 8.80. The molecule has 3 rings (SSSR count). The van der Waals surface area contributed by atoms with E-state index in [1.165, 1.54) is 0 Å². The van der Waals surface area contributed by atoms with Gasteiger partial charge in [-0.1, -0.05) is 30.3 Å². The van der Waals surface area contributed by atoms with E-state index in [2.05, 4.69) is 15.3 Å². The van der Waals surface area contributed by atoms with Gasteiger partial charge in [0.2, 0.25) is 0 Å². The number of nitrogens with one attached hydrogen (secondary N) is 1. The summed E-state index contributed by atoms with van der Waals surface area (Å²) in [5.41, 5.74) is 1.99. The van der Waals surface area contributed by atoms with E-state index in [9.17, 15) is 0 Å². The van der Waals surface area contributed by atoms with Crippen LogP contribution in [0.4, 0.5) is 5.69 Å². The molecule has 0 radical (unpaired) electrons. The highest BCUT2D eigenvalue weighted by Gasteiger charge is 2.13. The number of rotatable bonds is 3. The first kappa shape index (κ1) is 12.1. The van der Waals surface area contributed by atoms with Gasteiger partial charge in [-0.05, 0) is 12.8 Å². The van der Waals surface area contributed by atoms with Gasteiger partial charge in [-0.25, -0.2) is 9.97 Å². The van der Waals surface area contributed by atoms with Crippen LogP contribution in [0, 0.1) is 0 Å². The molecule has 0 bridgehead atoms. The van der Waals surface area contributed by atoms with Crippen molar-refractivity contribution in [2.45, 2.75) is 18.9 Å². The molecular formula is C15H17N3O. The van der Waals surface area contributed by atoms with Crippen molar-refractivity contribution in [3.05, 3.63) is 42.7 Å². The smallest absolute Gasteiger partial charge is 0.159 e. The van der Waals surface area contributed by atoms with Crippen LogP contribution in [-0.2, 0) is 4.74 Å². The minimum absolute atomic E-state index is 0.375. The average Bonchev–Trinajstić information content (AvgIpc) is 2.50. The van der Waals surface area contributed by atoms with Crippen molar-refractivity contribution in [1.82, 2.24) is 9.97 Å². The Bertz CT molecular complexity index is 507. The number of hydrogen-bond acceptors (Lipinski definition) is 4. The monoisotopic (exact) mass is 255 g/mol. The highest BCUT2D eigenvalue weighted by Crippen LogP contribution is 2.17. The van der Waals surface area contributed by atoms with Gasteiger partial charge >= 0.3 is 0 Å². The molecule has 1 aromatic heterocycles. The summed E-state index contributed by atoms with van der Waals surface area (Å²) in [6.07, 6.45) is 5.93. The Morgan fingerprint density at radius 2 is 1.89 bits per heavy atom. The summed E-state index contributed by atoms with van der Waals surface area (Å²) in [6, 6.07) is 10.4. The molecule has 0 spiro atoms. The van der Waals surface area contributed by atoms with Gasteiger partial charge in [0.05, 0.1) is 24.7 Å². The van der Waals surface area contributed by atoms with Crippen molar-refractivity contribution in [2.24, 2.45) is 0 Å². The first-order valence-corrected chi connectivity index (χ1v) is 6.63.